The van der Waals surface area contributed by atoms with E-state index in [1.807, 2.05) is 0 Å². The molecule has 0 aliphatic carbocycles. The van der Waals surface area contributed by atoms with E-state index in [4.69, 9.17) is 15.6 Å². The van der Waals surface area contributed by atoms with Gasteiger partial charge in [0.25, 0.3) is 0 Å². The zero-order valence-electron chi connectivity index (χ0n) is 11.4. The van der Waals surface area contributed by atoms with Crippen LogP contribution in [0.1, 0.15) is 31.7 Å². The first-order chi connectivity index (χ1) is 9.26. The van der Waals surface area contributed by atoms with Gasteiger partial charge in [0.1, 0.15) is 5.75 Å². The van der Waals surface area contributed by atoms with Crippen LogP contribution in [0.15, 0.2) is 24.3 Å². The van der Waals surface area contributed by atoms with E-state index in [9.17, 15) is 13.2 Å². The molecule has 1 unspecified atom stereocenters. The molecule has 0 aliphatic rings. The van der Waals surface area contributed by atoms with Gasteiger partial charge in [-0.1, -0.05) is 12.1 Å². The van der Waals surface area contributed by atoms with E-state index in [1.54, 1.807) is 6.92 Å². The van der Waals surface area contributed by atoms with E-state index in [0.717, 1.165) is 6.07 Å². The predicted octanol–water partition coefficient (Wildman–Crippen LogP) is 2.96. The Kier molecular flexibility index (Phi) is 5.83. The number of aliphatic hydroxyl groups excluding tert-OH is 1. The molecule has 0 saturated carbocycles. The second kappa shape index (κ2) is 6.95. The molecule has 0 bridgehead atoms. The smallest absolute Gasteiger partial charge is 0.419 e. The van der Waals surface area contributed by atoms with Crippen LogP contribution in [0.4, 0.5) is 13.2 Å². The molecule has 0 heterocycles. The zero-order chi connectivity index (χ0) is 15.2. The number of halogens is 3. The number of rotatable bonds is 7. The summed E-state index contributed by atoms with van der Waals surface area (Å²) in [5, 5.41) is 8.97. The summed E-state index contributed by atoms with van der Waals surface area (Å²) in [6, 6.07) is 5.14. The van der Waals surface area contributed by atoms with Crippen LogP contribution >= 0.6 is 0 Å². The number of hydrogen-bond acceptors (Lipinski definition) is 3. The number of para-hydroxylation sites is 1. The first-order valence-electron chi connectivity index (χ1n) is 6.45. The lowest BCUT2D eigenvalue weighted by molar-refractivity contribution is -0.138. The maximum atomic E-state index is 12.7. The van der Waals surface area contributed by atoms with E-state index in [1.165, 1.54) is 18.2 Å². The molecule has 1 aromatic rings. The van der Waals surface area contributed by atoms with Crippen molar-refractivity contribution in [3.8, 4) is 5.75 Å². The number of hydrogen-bond donors (Lipinski definition) is 2. The van der Waals surface area contributed by atoms with Crippen molar-refractivity contribution >= 4 is 0 Å². The molecule has 114 valence electrons. The summed E-state index contributed by atoms with van der Waals surface area (Å²) in [5.74, 6) is -0.155. The number of alkyl halides is 3. The lowest BCUT2D eigenvalue weighted by atomic mass is 9.97. The molecule has 0 amide bonds. The highest BCUT2D eigenvalue weighted by Gasteiger charge is 2.33. The third-order valence-corrected chi connectivity index (χ3v) is 2.95. The summed E-state index contributed by atoms with van der Waals surface area (Å²) < 4.78 is 43.3. The lowest BCUT2D eigenvalue weighted by Gasteiger charge is -2.21. The summed E-state index contributed by atoms with van der Waals surface area (Å²) in [6.45, 7) is 1.80. The zero-order valence-corrected chi connectivity index (χ0v) is 11.4. The fourth-order valence-electron chi connectivity index (χ4n) is 1.72. The molecule has 3 nitrogen and oxygen atoms in total. The van der Waals surface area contributed by atoms with Gasteiger partial charge in [-0.25, -0.2) is 0 Å². The molecule has 0 spiro atoms. The number of ether oxygens (including phenoxy) is 1. The lowest BCUT2D eigenvalue weighted by Crippen LogP contribution is -2.39. The van der Waals surface area contributed by atoms with E-state index >= 15 is 0 Å². The maximum Gasteiger partial charge on any atom is 0.419 e. The first-order valence-corrected chi connectivity index (χ1v) is 6.45. The van der Waals surface area contributed by atoms with Gasteiger partial charge in [-0.2, -0.15) is 13.2 Å². The summed E-state index contributed by atoms with van der Waals surface area (Å²) in [4.78, 5) is 0. The van der Waals surface area contributed by atoms with Crippen LogP contribution in [-0.4, -0.2) is 23.9 Å². The Morgan fingerprint density at radius 2 is 1.85 bits per heavy atom. The molecule has 3 N–H and O–H groups in total. The summed E-state index contributed by atoms with van der Waals surface area (Å²) >= 11 is 0. The van der Waals surface area contributed by atoms with Crippen molar-refractivity contribution in [2.45, 2.75) is 37.9 Å². The molecule has 0 radical (unpaired) electrons. The molecule has 6 heteroatoms. The molecule has 0 saturated heterocycles. The minimum Gasteiger partial charge on any atom is -0.493 e. The van der Waals surface area contributed by atoms with E-state index < -0.39 is 17.3 Å². The molecular weight excluding hydrogens is 271 g/mol. The summed E-state index contributed by atoms with van der Waals surface area (Å²) in [5.41, 5.74) is 4.34. The Morgan fingerprint density at radius 1 is 1.20 bits per heavy atom. The Hall–Kier alpha value is -1.27. The molecule has 0 aromatic heterocycles. The van der Waals surface area contributed by atoms with E-state index in [2.05, 4.69) is 0 Å². The Bertz CT molecular complexity index is 419. The van der Waals surface area contributed by atoms with Gasteiger partial charge in [-0.3, -0.25) is 0 Å². The van der Waals surface area contributed by atoms with Gasteiger partial charge in [0.2, 0.25) is 0 Å². The highest BCUT2D eigenvalue weighted by atomic mass is 19.4. The molecule has 1 aromatic carbocycles. The van der Waals surface area contributed by atoms with Gasteiger partial charge in [-0.05, 0) is 38.3 Å². The van der Waals surface area contributed by atoms with Crippen molar-refractivity contribution in [3.63, 3.8) is 0 Å². The van der Waals surface area contributed by atoms with Crippen LogP contribution in [0.3, 0.4) is 0 Å². The van der Waals surface area contributed by atoms with E-state index in [-0.39, 0.29) is 19.0 Å². The topological polar surface area (TPSA) is 55.5 Å². The largest absolute Gasteiger partial charge is 0.493 e. The summed E-state index contributed by atoms with van der Waals surface area (Å²) in [7, 11) is 0. The fourth-order valence-corrected chi connectivity index (χ4v) is 1.72. The van der Waals surface area contributed by atoms with Gasteiger partial charge >= 0.3 is 6.18 Å². The minimum absolute atomic E-state index is 0.120. The Balaban J connectivity index is 2.44. The number of aliphatic hydroxyl groups is 1. The van der Waals surface area contributed by atoms with Crippen LogP contribution in [0.5, 0.6) is 5.75 Å². The predicted molar refractivity (Wildman–Crippen MR) is 70.5 cm³/mol. The van der Waals surface area contributed by atoms with Crippen LogP contribution in [0, 0.1) is 0 Å². The third kappa shape index (κ3) is 5.38. The van der Waals surface area contributed by atoms with Crippen molar-refractivity contribution in [1.29, 1.82) is 0 Å². The normalized spacial score (nSPS) is 14.9. The monoisotopic (exact) mass is 291 g/mol. The molecule has 20 heavy (non-hydrogen) atoms. The fraction of sp³-hybridized carbons (Fsp3) is 0.571. The van der Waals surface area contributed by atoms with Crippen molar-refractivity contribution < 1.29 is 23.0 Å². The summed E-state index contributed by atoms with van der Waals surface area (Å²) in [6.07, 6.45) is -2.56. The van der Waals surface area contributed by atoms with Gasteiger partial charge in [0.15, 0.2) is 0 Å². The van der Waals surface area contributed by atoms with Crippen LogP contribution in [-0.2, 0) is 6.18 Å². The molecule has 0 fully saturated rings. The van der Waals surface area contributed by atoms with Gasteiger partial charge < -0.3 is 15.6 Å². The van der Waals surface area contributed by atoms with Gasteiger partial charge in [0.05, 0.1) is 18.8 Å². The molecule has 1 atom stereocenters. The van der Waals surface area contributed by atoms with Crippen LogP contribution in [0.25, 0.3) is 0 Å². The average Bonchev–Trinajstić information content (AvgIpc) is 2.37. The molecule has 0 aliphatic heterocycles. The highest BCUT2D eigenvalue weighted by molar-refractivity contribution is 5.35. The Labute approximate surface area is 116 Å². The first kappa shape index (κ1) is 16.8. The second-order valence-corrected chi connectivity index (χ2v) is 5.11. The SMILES string of the molecule is CC(N)(CO)CCCCOc1ccccc1C(F)(F)F. The molecular formula is C14H20F3NO2. The van der Waals surface area contributed by atoms with Crippen molar-refractivity contribution in [1.82, 2.24) is 0 Å². The van der Waals surface area contributed by atoms with Crippen LogP contribution < -0.4 is 10.5 Å². The highest BCUT2D eigenvalue weighted by Crippen LogP contribution is 2.35. The van der Waals surface area contributed by atoms with Crippen LogP contribution in [0.2, 0.25) is 0 Å². The number of nitrogens with two attached hydrogens (primary N) is 1. The molecule has 1 rings (SSSR count). The maximum absolute atomic E-state index is 12.7. The van der Waals surface area contributed by atoms with Gasteiger partial charge in [0, 0.05) is 5.54 Å². The Morgan fingerprint density at radius 3 is 2.45 bits per heavy atom. The van der Waals surface area contributed by atoms with Crippen molar-refractivity contribution in [2.75, 3.05) is 13.2 Å². The number of unbranched alkanes of at least 4 members (excludes halogenated alkanes) is 1. The van der Waals surface area contributed by atoms with Crippen molar-refractivity contribution in [3.05, 3.63) is 29.8 Å². The minimum atomic E-state index is -4.41. The van der Waals surface area contributed by atoms with Gasteiger partial charge in [-0.15, -0.1) is 0 Å². The standard InChI is InChI=1S/C14H20F3NO2/c1-13(18,10-19)8-4-5-9-20-12-7-3-2-6-11(12)14(15,16)17/h2-3,6-7,19H,4-5,8-10,18H2,1H3. The van der Waals surface area contributed by atoms with Crippen molar-refractivity contribution in [2.24, 2.45) is 5.73 Å². The average molecular weight is 291 g/mol. The third-order valence-electron chi connectivity index (χ3n) is 2.95. The quantitative estimate of drug-likeness (QED) is 0.759. The second-order valence-electron chi connectivity index (χ2n) is 5.11. The number of benzene rings is 1. The van der Waals surface area contributed by atoms with E-state index in [0.29, 0.717) is 19.3 Å².